The number of rotatable bonds is 2. The molecule has 1 atom stereocenters. The predicted molar refractivity (Wildman–Crippen MR) is 65.1 cm³/mol. The van der Waals surface area contributed by atoms with E-state index in [0.29, 0.717) is 11.4 Å². The van der Waals surface area contributed by atoms with Crippen molar-refractivity contribution in [2.45, 2.75) is 31.3 Å². The lowest BCUT2D eigenvalue weighted by Gasteiger charge is -2.29. The van der Waals surface area contributed by atoms with E-state index in [0.717, 1.165) is 12.0 Å². The molecule has 5 heteroatoms. The molecule has 0 spiro atoms. The van der Waals surface area contributed by atoms with Gasteiger partial charge in [0.15, 0.2) is 0 Å². The van der Waals surface area contributed by atoms with Gasteiger partial charge in [0.1, 0.15) is 6.73 Å². The summed E-state index contributed by atoms with van der Waals surface area (Å²) in [5, 5.41) is 0. The quantitative estimate of drug-likeness (QED) is 0.809. The van der Waals surface area contributed by atoms with Crippen molar-refractivity contribution >= 4 is 10.0 Å². The van der Waals surface area contributed by atoms with Gasteiger partial charge in [-0.15, -0.1) is 0 Å². The highest BCUT2D eigenvalue weighted by molar-refractivity contribution is 7.89. The molecule has 0 N–H and O–H groups in total. The molecule has 0 bridgehead atoms. The van der Waals surface area contributed by atoms with E-state index in [1.807, 2.05) is 13.8 Å². The molecule has 94 valence electrons. The van der Waals surface area contributed by atoms with Gasteiger partial charge in [0.05, 0.1) is 11.0 Å². The smallest absolute Gasteiger partial charge is 0.245 e. The normalized spacial score (nSPS) is 22.6. The molecule has 0 aliphatic carbocycles. The van der Waals surface area contributed by atoms with Gasteiger partial charge in [-0.1, -0.05) is 17.7 Å². The minimum absolute atomic E-state index is 0.138. The maximum atomic E-state index is 12.3. The lowest BCUT2D eigenvalue weighted by atomic mass is 10.2. The third-order valence-electron chi connectivity index (χ3n) is 2.95. The molecule has 1 aliphatic rings. The summed E-state index contributed by atoms with van der Waals surface area (Å²) in [5.74, 6) is 0. The van der Waals surface area contributed by atoms with Crippen molar-refractivity contribution in [3.8, 4) is 0 Å². The zero-order valence-electron chi connectivity index (χ0n) is 10.1. The fourth-order valence-electron chi connectivity index (χ4n) is 1.73. The van der Waals surface area contributed by atoms with Crippen molar-refractivity contribution < 1.29 is 13.2 Å². The zero-order chi connectivity index (χ0) is 12.5. The van der Waals surface area contributed by atoms with E-state index in [1.54, 1.807) is 24.3 Å². The van der Waals surface area contributed by atoms with Crippen molar-refractivity contribution in [2.75, 3.05) is 13.3 Å². The van der Waals surface area contributed by atoms with Crippen LogP contribution in [0.5, 0.6) is 0 Å². The third-order valence-corrected chi connectivity index (χ3v) is 4.78. The van der Waals surface area contributed by atoms with Gasteiger partial charge in [-0.25, -0.2) is 8.42 Å². The second-order valence-corrected chi connectivity index (χ2v) is 6.33. The zero-order valence-corrected chi connectivity index (χ0v) is 10.9. The Kier molecular flexibility index (Phi) is 3.51. The van der Waals surface area contributed by atoms with E-state index in [2.05, 4.69) is 0 Å². The van der Waals surface area contributed by atoms with Crippen LogP contribution in [0.2, 0.25) is 0 Å². The second kappa shape index (κ2) is 4.76. The molecule has 17 heavy (non-hydrogen) atoms. The van der Waals surface area contributed by atoms with Gasteiger partial charge in [0, 0.05) is 6.54 Å². The average molecular weight is 255 g/mol. The van der Waals surface area contributed by atoms with Crippen molar-refractivity contribution in [3.63, 3.8) is 0 Å². The van der Waals surface area contributed by atoms with Crippen LogP contribution in [-0.4, -0.2) is 32.1 Å². The van der Waals surface area contributed by atoms with E-state index >= 15 is 0 Å². The number of ether oxygens (including phenoxy) is 1. The van der Waals surface area contributed by atoms with Crippen LogP contribution in [0.3, 0.4) is 0 Å². The number of hydrogen-bond acceptors (Lipinski definition) is 3. The minimum atomic E-state index is -3.39. The molecule has 1 saturated heterocycles. The molecule has 1 aliphatic heterocycles. The van der Waals surface area contributed by atoms with E-state index < -0.39 is 10.0 Å². The molecular weight excluding hydrogens is 238 g/mol. The van der Waals surface area contributed by atoms with Crippen LogP contribution in [0, 0.1) is 6.92 Å². The van der Waals surface area contributed by atoms with E-state index in [9.17, 15) is 8.42 Å². The average Bonchev–Trinajstić information content (AvgIpc) is 2.30. The summed E-state index contributed by atoms with van der Waals surface area (Å²) in [6.07, 6.45) is 0.880. The Hall–Kier alpha value is -0.910. The molecule has 0 unspecified atom stereocenters. The predicted octanol–water partition coefficient (Wildman–Crippen LogP) is 1.75. The highest BCUT2D eigenvalue weighted by Gasteiger charge is 2.28. The van der Waals surface area contributed by atoms with E-state index in [1.165, 1.54) is 4.31 Å². The first-order valence-electron chi connectivity index (χ1n) is 5.68. The maximum absolute atomic E-state index is 12.3. The lowest BCUT2D eigenvalue weighted by Crippen LogP contribution is -2.40. The second-order valence-electron chi connectivity index (χ2n) is 4.39. The highest BCUT2D eigenvalue weighted by Crippen LogP contribution is 2.20. The standard InChI is InChI=1S/C12H17NO3S/c1-10-3-5-12(6-4-10)17(14,15)13-8-7-11(2)16-9-13/h3-6,11H,7-9H2,1-2H3/t11-/m0/s1. The Labute approximate surface area is 102 Å². The summed E-state index contributed by atoms with van der Waals surface area (Å²) in [6.45, 7) is 4.56. The molecule has 0 saturated carbocycles. The third kappa shape index (κ3) is 2.68. The van der Waals surface area contributed by atoms with Crippen LogP contribution in [0.25, 0.3) is 0 Å². The van der Waals surface area contributed by atoms with Crippen LogP contribution in [0.4, 0.5) is 0 Å². The summed E-state index contributed by atoms with van der Waals surface area (Å²) in [4.78, 5) is 0.334. The summed E-state index contributed by atoms with van der Waals surface area (Å²) < 4.78 is 31.3. The van der Waals surface area contributed by atoms with Gasteiger partial charge in [-0.05, 0) is 32.4 Å². The van der Waals surface area contributed by atoms with Crippen molar-refractivity contribution in [1.29, 1.82) is 0 Å². The molecule has 1 heterocycles. The van der Waals surface area contributed by atoms with Crippen LogP contribution in [0.15, 0.2) is 29.2 Å². The molecular formula is C12H17NO3S. The molecule has 0 radical (unpaired) electrons. The number of nitrogens with zero attached hydrogens (tertiary/aromatic N) is 1. The minimum Gasteiger partial charge on any atom is -0.362 e. The van der Waals surface area contributed by atoms with Gasteiger partial charge in [0.25, 0.3) is 0 Å². The largest absolute Gasteiger partial charge is 0.362 e. The Morgan fingerprint density at radius 3 is 2.47 bits per heavy atom. The van der Waals surface area contributed by atoms with E-state index in [4.69, 9.17) is 4.74 Å². The first-order valence-corrected chi connectivity index (χ1v) is 7.12. The lowest BCUT2D eigenvalue weighted by molar-refractivity contribution is -0.0240. The number of sulfonamides is 1. The molecule has 1 aromatic rings. The monoisotopic (exact) mass is 255 g/mol. The van der Waals surface area contributed by atoms with Crippen molar-refractivity contribution in [2.24, 2.45) is 0 Å². The molecule has 2 rings (SSSR count). The summed E-state index contributed by atoms with van der Waals surface area (Å²) in [6, 6.07) is 6.89. The van der Waals surface area contributed by atoms with Crippen molar-refractivity contribution in [3.05, 3.63) is 29.8 Å². The topological polar surface area (TPSA) is 46.6 Å². The van der Waals surface area contributed by atoms with Crippen LogP contribution in [0.1, 0.15) is 18.9 Å². The highest BCUT2D eigenvalue weighted by atomic mass is 32.2. The van der Waals surface area contributed by atoms with Gasteiger partial charge in [-0.2, -0.15) is 4.31 Å². The Bertz CT molecular complexity index is 473. The number of aryl methyl sites for hydroxylation is 1. The van der Waals surface area contributed by atoms with Gasteiger partial charge in [-0.3, -0.25) is 0 Å². The summed E-state index contributed by atoms with van der Waals surface area (Å²) in [5.41, 5.74) is 1.05. The van der Waals surface area contributed by atoms with Gasteiger partial charge >= 0.3 is 0 Å². The number of benzene rings is 1. The Morgan fingerprint density at radius 2 is 1.94 bits per heavy atom. The van der Waals surface area contributed by atoms with Crippen LogP contribution >= 0.6 is 0 Å². The summed E-state index contributed by atoms with van der Waals surface area (Å²) >= 11 is 0. The SMILES string of the molecule is Cc1ccc(S(=O)(=O)N2CC[C@H](C)OC2)cc1. The maximum Gasteiger partial charge on any atom is 0.245 e. The first kappa shape index (κ1) is 12.5. The number of hydrogen-bond donors (Lipinski definition) is 0. The van der Waals surface area contributed by atoms with Gasteiger partial charge < -0.3 is 4.74 Å². The molecule has 1 fully saturated rings. The molecule has 0 aromatic heterocycles. The molecule has 1 aromatic carbocycles. The molecule has 0 amide bonds. The fraction of sp³-hybridized carbons (Fsp3) is 0.500. The van der Waals surface area contributed by atoms with Gasteiger partial charge in [0.2, 0.25) is 10.0 Å². The Morgan fingerprint density at radius 1 is 1.29 bits per heavy atom. The first-order chi connectivity index (χ1) is 8.00. The fourth-order valence-corrected chi connectivity index (χ4v) is 3.06. The van der Waals surface area contributed by atoms with Crippen LogP contribution < -0.4 is 0 Å². The Balaban J connectivity index is 2.21. The van der Waals surface area contributed by atoms with E-state index in [-0.39, 0.29) is 12.8 Å². The summed E-state index contributed by atoms with van der Waals surface area (Å²) in [7, 11) is -3.39. The van der Waals surface area contributed by atoms with Crippen LogP contribution in [-0.2, 0) is 14.8 Å². The van der Waals surface area contributed by atoms with Crippen molar-refractivity contribution in [1.82, 2.24) is 4.31 Å². The molecule has 4 nitrogen and oxygen atoms in total.